The van der Waals surface area contributed by atoms with E-state index in [-0.39, 0.29) is 10.7 Å². The van der Waals surface area contributed by atoms with Crippen molar-refractivity contribution in [1.29, 1.82) is 0 Å². The molecule has 0 bridgehead atoms. The van der Waals surface area contributed by atoms with Gasteiger partial charge in [-0.25, -0.2) is 13.1 Å². The van der Waals surface area contributed by atoms with Crippen LogP contribution in [-0.2, 0) is 9.84 Å². The molecular weight excluding hydrogens is 404 g/mol. The summed E-state index contributed by atoms with van der Waals surface area (Å²) < 4.78 is 25.5. The topological polar surface area (TPSA) is 69.0 Å². The minimum absolute atomic E-state index is 0.0986. The fourth-order valence-electron chi connectivity index (χ4n) is 3.01. The van der Waals surface area contributed by atoms with Gasteiger partial charge in [-0.15, -0.1) is 11.3 Å². The van der Waals surface area contributed by atoms with Crippen LogP contribution in [0.25, 0.3) is 26.7 Å². The lowest BCUT2D eigenvalue weighted by Crippen LogP contribution is -2.00. The van der Waals surface area contributed by atoms with Crippen molar-refractivity contribution in [2.45, 2.75) is 11.8 Å². The van der Waals surface area contributed by atoms with Crippen LogP contribution in [0.5, 0.6) is 0 Å². The van der Waals surface area contributed by atoms with E-state index in [4.69, 9.17) is 0 Å². The number of aromatic nitrogens is 2. The van der Waals surface area contributed by atoms with Crippen LogP contribution in [0.3, 0.4) is 0 Å². The van der Waals surface area contributed by atoms with Crippen molar-refractivity contribution in [2.24, 2.45) is 0 Å². The van der Waals surface area contributed by atoms with Crippen molar-refractivity contribution < 1.29 is 13.2 Å². The molecule has 146 valence electrons. The SMILES string of the molecule is CC(=O)c1cc(-c2ccc(-c3cccc(S(C)(=O)=O)c3)s2)n(-c2ccccc2)n1. The average molecular weight is 423 g/mol. The van der Waals surface area contributed by atoms with E-state index < -0.39 is 9.84 Å². The normalized spacial score (nSPS) is 11.5. The quantitative estimate of drug-likeness (QED) is 0.430. The number of Topliss-reactive ketones (excluding diaryl/α,β-unsaturated/α-hetero) is 1. The highest BCUT2D eigenvalue weighted by molar-refractivity contribution is 7.90. The first kappa shape index (κ1) is 19.3. The van der Waals surface area contributed by atoms with Gasteiger partial charge >= 0.3 is 0 Å². The van der Waals surface area contributed by atoms with Crippen LogP contribution in [0.15, 0.2) is 77.7 Å². The Hall–Kier alpha value is -3.03. The molecule has 0 saturated heterocycles. The lowest BCUT2D eigenvalue weighted by atomic mass is 10.2. The van der Waals surface area contributed by atoms with Gasteiger partial charge < -0.3 is 0 Å². The van der Waals surface area contributed by atoms with Crippen LogP contribution in [0.1, 0.15) is 17.4 Å². The number of rotatable bonds is 5. The number of nitrogens with zero attached hydrogens (tertiary/aromatic N) is 2. The average Bonchev–Trinajstić information content (AvgIpc) is 3.35. The Morgan fingerprint density at radius 3 is 2.34 bits per heavy atom. The van der Waals surface area contributed by atoms with Gasteiger partial charge in [0.15, 0.2) is 15.6 Å². The molecule has 0 aliphatic rings. The molecule has 0 spiro atoms. The highest BCUT2D eigenvalue weighted by Crippen LogP contribution is 2.36. The number of sulfone groups is 1. The van der Waals surface area contributed by atoms with Crippen molar-refractivity contribution in [3.8, 4) is 26.7 Å². The molecule has 0 aliphatic carbocycles. The molecular formula is C22H18N2O3S2. The molecule has 0 unspecified atom stereocenters. The van der Waals surface area contributed by atoms with Gasteiger partial charge in [0, 0.05) is 18.1 Å². The third-order valence-corrected chi connectivity index (χ3v) is 6.74. The van der Waals surface area contributed by atoms with Gasteiger partial charge in [0.25, 0.3) is 0 Å². The standard InChI is InChI=1S/C22H18N2O3S2/c1-15(25)19-14-20(24(23-19)17-8-4-3-5-9-17)22-12-11-21(28-22)16-7-6-10-18(13-16)29(2,26)27/h3-14H,1-2H3. The Kier molecular flexibility index (Phi) is 4.94. The molecule has 0 N–H and O–H groups in total. The number of para-hydroxylation sites is 1. The van der Waals surface area contributed by atoms with E-state index in [1.165, 1.54) is 24.5 Å². The summed E-state index contributed by atoms with van der Waals surface area (Å²) in [5.74, 6) is -0.0986. The second-order valence-electron chi connectivity index (χ2n) is 6.68. The summed E-state index contributed by atoms with van der Waals surface area (Å²) in [5.41, 5.74) is 2.92. The van der Waals surface area contributed by atoms with Gasteiger partial charge in [0.1, 0.15) is 5.69 Å². The number of carbonyl (C=O) groups excluding carboxylic acids is 1. The zero-order valence-electron chi connectivity index (χ0n) is 15.9. The van der Waals surface area contributed by atoms with Crippen molar-refractivity contribution in [3.63, 3.8) is 0 Å². The van der Waals surface area contributed by atoms with Crippen LogP contribution in [0.4, 0.5) is 0 Å². The fraction of sp³-hybridized carbons (Fsp3) is 0.0909. The van der Waals surface area contributed by atoms with E-state index in [0.717, 1.165) is 26.7 Å². The van der Waals surface area contributed by atoms with Crippen LogP contribution in [0.2, 0.25) is 0 Å². The molecule has 0 radical (unpaired) electrons. The first-order valence-corrected chi connectivity index (χ1v) is 11.6. The van der Waals surface area contributed by atoms with E-state index in [1.54, 1.807) is 28.9 Å². The number of hydrogen-bond donors (Lipinski definition) is 0. The molecule has 2 aromatic heterocycles. The lowest BCUT2D eigenvalue weighted by molar-refractivity contribution is 0.101. The Morgan fingerprint density at radius 2 is 1.66 bits per heavy atom. The summed E-state index contributed by atoms with van der Waals surface area (Å²) in [7, 11) is -3.27. The molecule has 4 rings (SSSR count). The second-order valence-corrected chi connectivity index (χ2v) is 9.78. The highest BCUT2D eigenvalue weighted by Gasteiger charge is 2.17. The number of thiophene rings is 1. The van der Waals surface area contributed by atoms with E-state index in [1.807, 2.05) is 48.5 Å². The minimum Gasteiger partial charge on any atom is -0.293 e. The number of hydrogen-bond acceptors (Lipinski definition) is 5. The molecule has 2 heterocycles. The van der Waals surface area contributed by atoms with Gasteiger partial charge in [-0.1, -0.05) is 30.3 Å². The van der Waals surface area contributed by atoms with Crippen LogP contribution < -0.4 is 0 Å². The molecule has 7 heteroatoms. The molecule has 0 fully saturated rings. The second kappa shape index (κ2) is 7.42. The number of ketones is 1. The molecule has 2 aromatic carbocycles. The first-order valence-electron chi connectivity index (χ1n) is 8.90. The monoisotopic (exact) mass is 422 g/mol. The van der Waals surface area contributed by atoms with Crippen molar-refractivity contribution >= 4 is 27.0 Å². The van der Waals surface area contributed by atoms with Crippen molar-refractivity contribution in [1.82, 2.24) is 9.78 Å². The van der Waals surface area contributed by atoms with Crippen molar-refractivity contribution in [2.75, 3.05) is 6.26 Å². The predicted molar refractivity (Wildman–Crippen MR) is 115 cm³/mol. The van der Waals surface area contributed by atoms with Gasteiger partial charge in [0.2, 0.25) is 0 Å². The minimum atomic E-state index is -3.27. The molecule has 29 heavy (non-hydrogen) atoms. The number of carbonyl (C=O) groups is 1. The molecule has 5 nitrogen and oxygen atoms in total. The molecule has 0 atom stereocenters. The van der Waals surface area contributed by atoms with E-state index in [2.05, 4.69) is 5.10 Å². The Balaban J connectivity index is 1.80. The summed E-state index contributed by atoms with van der Waals surface area (Å²) in [6.07, 6.45) is 1.20. The predicted octanol–water partition coefficient (Wildman–Crippen LogP) is 4.87. The Morgan fingerprint density at radius 1 is 0.931 bits per heavy atom. The summed E-state index contributed by atoms with van der Waals surface area (Å²) in [5, 5.41) is 4.48. The first-order chi connectivity index (χ1) is 13.8. The third-order valence-electron chi connectivity index (χ3n) is 4.48. The molecule has 0 amide bonds. The zero-order valence-corrected chi connectivity index (χ0v) is 17.5. The Labute approximate surface area is 173 Å². The van der Waals surface area contributed by atoms with Crippen molar-refractivity contribution in [3.05, 3.63) is 78.5 Å². The van der Waals surface area contributed by atoms with E-state index in [0.29, 0.717) is 5.69 Å². The van der Waals surface area contributed by atoms with E-state index in [9.17, 15) is 13.2 Å². The third kappa shape index (κ3) is 3.92. The zero-order chi connectivity index (χ0) is 20.6. The lowest BCUT2D eigenvalue weighted by Gasteiger charge is -2.05. The fourth-order valence-corrected chi connectivity index (χ4v) is 4.68. The maximum atomic E-state index is 11.9. The molecule has 0 aliphatic heterocycles. The summed E-state index contributed by atoms with van der Waals surface area (Å²) in [6, 6.07) is 22.3. The van der Waals surface area contributed by atoms with Gasteiger partial charge in [0.05, 0.1) is 21.2 Å². The van der Waals surface area contributed by atoms with Gasteiger partial charge in [-0.05, 0) is 48.0 Å². The van der Waals surface area contributed by atoms with Crippen LogP contribution >= 0.6 is 11.3 Å². The van der Waals surface area contributed by atoms with Gasteiger partial charge in [-0.2, -0.15) is 5.10 Å². The summed E-state index contributed by atoms with van der Waals surface area (Å²) in [6.45, 7) is 1.50. The maximum absolute atomic E-state index is 11.9. The summed E-state index contributed by atoms with van der Waals surface area (Å²) in [4.78, 5) is 14.1. The Bertz CT molecular complexity index is 1300. The molecule has 0 saturated carbocycles. The van der Waals surface area contributed by atoms with Crippen LogP contribution in [-0.4, -0.2) is 30.2 Å². The molecule has 4 aromatic rings. The summed E-state index contributed by atoms with van der Waals surface area (Å²) >= 11 is 1.53. The smallest absolute Gasteiger partial charge is 0.180 e. The highest BCUT2D eigenvalue weighted by atomic mass is 32.2. The van der Waals surface area contributed by atoms with Gasteiger partial charge in [-0.3, -0.25) is 4.79 Å². The number of benzene rings is 2. The maximum Gasteiger partial charge on any atom is 0.180 e. The van der Waals surface area contributed by atoms with E-state index >= 15 is 0 Å². The van der Waals surface area contributed by atoms with Crippen LogP contribution in [0, 0.1) is 0 Å². The largest absolute Gasteiger partial charge is 0.293 e.